The Morgan fingerprint density at radius 2 is 1.91 bits per heavy atom. The Bertz CT molecular complexity index is 1300. The topological polar surface area (TPSA) is 66.7 Å². The van der Waals surface area contributed by atoms with E-state index in [9.17, 15) is 9.59 Å². The minimum absolute atomic E-state index is 0.176. The molecule has 0 bridgehead atoms. The monoisotopic (exact) mass is 478 g/mol. The number of pyridine rings is 1. The van der Waals surface area contributed by atoms with Gasteiger partial charge in [-0.15, -0.1) is 0 Å². The third kappa shape index (κ3) is 5.17. The quantitative estimate of drug-likeness (QED) is 0.398. The molecule has 33 heavy (non-hydrogen) atoms. The van der Waals surface area contributed by atoms with Crippen LogP contribution in [0.3, 0.4) is 0 Å². The Labute approximate surface area is 202 Å². The molecule has 1 N–H and O–H groups in total. The summed E-state index contributed by atoms with van der Waals surface area (Å²) in [5.74, 6) is 0.670. The van der Waals surface area contributed by atoms with Crippen LogP contribution in [0.25, 0.3) is 11.7 Å². The van der Waals surface area contributed by atoms with Crippen LogP contribution in [0.2, 0.25) is 0 Å². The Morgan fingerprint density at radius 1 is 1.15 bits per heavy atom. The lowest BCUT2D eigenvalue weighted by atomic mass is 10.1. The number of aromatic nitrogens is 2. The molecule has 4 rings (SSSR count). The van der Waals surface area contributed by atoms with Crippen molar-refractivity contribution in [2.75, 3.05) is 18.4 Å². The Kier molecular flexibility index (Phi) is 6.95. The van der Waals surface area contributed by atoms with Gasteiger partial charge in [0.05, 0.1) is 10.5 Å². The Hall–Kier alpha value is -2.97. The number of anilines is 1. The van der Waals surface area contributed by atoms with Gasteiger partial charge in [0.15, 0.2) is 0 Å². The molecule has 2 aromatic heterocycles. The van der Waals surface area contributed by atoms with E-state index in [1.165, 1.54) is 16.2 Å². The molecule has 0 atom stereocenters. The summed E-state index contributed by atoms with van der Waals surface area (Å²) in [4.78, 5) is 33.2. The molecule has 1 aliphatic rings. The number of carbonyl (C=O) groups is 1. The summed E-state index contributed by atoms with van der Waals surface area (Å²) in [7, 11) is 0. The maximum absolute atomic E-state index is 13.4. The summed E-state index contributed by atoms with van der Waals surface area (Å²) in [6, 6.07) is 13.7. The molecule has 1 aromatic carbocycles. The third-order valence-electron chi connectivity index (χ3n) is 5.30. The van der Waals surface area contributed by atoms with E-state index in [0.29, 0.717) is 51.7 Å². The highest BCUT2D eigenvalue weighted by molar-refractivity contribution is 8.26. The number of thiocarbonyl (C=S) groups is 1. The number of rotatable bonds is 7. The van der Waals surface area contributed by atoms with Crippen molar-refractivity contribution >= 4 is 51.7 Å². The smallest absolute Gasteiger partial charge is 0.267 e. The highest BCUT2D eigenvalue weighted by Gasteiger charge is 2.32. The molecule has 6 nitrogen and oxygen atoms in total. The molecule has 170 valence electrons. The van der Waals surface area contributed by atoms with Gasteiger partial charge in [-0.2, -0.15) is 0 Å². The molecule has 0 saturated carbocycles. The maximum atomic E-state index is 13.4. The fraction of sp³-hybridized carbons (Fsp3) is 0.280. The zero-order valence-corrected chi connectivity index (χ0v) is 20.5. The first kappa shape index (κ1) is 23.2. The molecule has 1 amide bonds. The zero-order valence-electron chi connectivity index (χ0n) is 18.9. The largest absolute Gasteiger partial charge is 0.369 e. The summed E-state index contributed by atoms with van der Waals surface area (Å²) in [5.41, 5.74) is 2.80. The SMILES string of the molecule is Cc1ccc2nc(NCC(C)C)c(/C=C3\SC(=S)N(CCc4ccccc4)C3=O)c(=O)n2c1. The van der Waals surface area contributed by atoms with Crippen molar-refractivity contribution in [3.63, 3.8) is 0 Å². The van der Waals surface area contributed by atoms with E-state index < -0.39 is 0 Å². The number of aryl methyl sites for hydroxylation is 1. The van der Waals surface area contributed by atoms with E-state index in [-0.39, 0.29) is 11.5 Å². The van der Waals surface area contributed by atoms with E-state index in [1.807, 2.05) is 49.4 Å². The number of nitrogens with one attached hydrogen (secondary N) is 1. The van der Waals surface area contributed by atoms with E-state index in [2.05, 4.69) is 24.1 Å². The standard InChI is InChI=1S/C25H26N4O2S2/c1-16(2)14-26-22-19(23(30)29-15-17(3)9-10-21(29)27-22)13-20-24(31)28(25(32)33-20)12-11-18-7-5-4-6-8-18/h4-10,13,15-16,26H,11-12,14H2,1-3H3/b20-13-. The van der Waals surface area contributed by atoms with Crippen molar-refractivity contribution in [3.8, 4) is 0 Å². The predicted octanol–water partition coefficient (Wildman–Crippen LogP) is 4.51. The second-order valence-corrected chi connectivity index (χ2v) is 10.1. The number of benzene rings is 1. The highest BCUT2D eigenvalue weighted by atomic mass is 32.2. The Balaban J connectivity index is 1.68. The van der Waals surface area contributed by atoms with Crippen LogP contribution in [0.1, 0.15) is 30.5 Å². The Morgan fingerprint density at radius 3 is 2.64 bits per heavy atom. The van der Waals surface area contributed by atoms with Crippen LogP contribution in [-0.4, -0.2) is 37.6 Å². The number of hydrogen-bond donors (Lipinski definition) is 1. The van der Waals surface area contributed by atoms with Crippen molar-refractivity contribution < 1.29 is 4.79 Å². The minimum Gasteiger partial charge on any atom is -0.369 e. The molecular weight excluding hydrogens is 452 g/mol. The van der Waals surface area contributed by atoms with E-state index in [1.54, 1.807) is 17.2 Å². The van der Waals surface area contributed by atoms with Crippen molar-refractivity contribution in [2.24, 2.45) is 5.92 Å². The van der Waals surface area contributed by atoms with Crippen LogP contribution in [0.15, 0.2) is 58.4 Å². The average Bonchev–Trinajstić information content (AvgIpc) is 3.06. The van der Waals surface area contributed by atoms with Crippen LogP contribution in [0.5, 0.6) is 0 Å². The van der Waals surface area contributed by atoms with Gasteiger partial charge in [-0.25, -0.2) is 4.98 Å². The maximum Gasteiger partial charge on any atom is 0.267 e. The highest BCUT2D eigenvalue weighted by Crippen LogP contribution is 2.33. The molecule has 3 aromatic rings. The summed E-state index contributed by atoms with van der Waals surface area (Å²) < 4.78 is 2.03. The van der Waals surface area contributed by atoms with Gasteiger partial charge in [0.1, 0.15) is 15.8 Å². The van der Waals surface area contributed by atoms with Gasteiger partial charge < -0.3 is 5.32 Å². The van der Waals surface area contributed by atoms with Gasteiger partial charge in [0, 0.05) is 19.3 Å². The van der Waals surface area contributed by atoms with Crippen molar-refractivity contribution in [2.45, 2.75) is 27.2 Å². The summed E-state index contributed by atoms with van der Waals surface area (Å²) in [5, 5.41) is 3.28. The van der Waals surface area contributed by atoms with Crippen LogP contribution in [0, 0.1) is 12.8 Å². The lowest BCUT2D eigenvalue weighted by Gasteiger charge is -2.14. The van der Waals surface area contributed by atoms with Gasteiger partial charge in [-0.3, -0.25) is 18.9 Å². The molecule has 3 heterocycles. The number of fused-ring (bicyclic) bond motifs is 1. The minimum atomic E-state index is -0.218. The van der Waals surface area contributed by atoms with Gasteiger partial charge in [0.2, 0.25) is 0 Å². The first-order valence-electron chi connectivity index (χ1n) is 10.9. The number of hydrogen-bond acceptors (Lipinski definition) is 6. The zero-order chi connectivity index (χ0) is 23.5. The normalized spacial score (nSPS) is 15.3. The van der Waals surface area contributed by atoms with Crippen LogP contribution in [0.4, 0.5) is 5.82 Å². The van der Waals surface area contributed by atoms with Crippen LogP contribution >= 0.6 is 24.0 Å². The molecule has 8 heteroatoms. The molecular formula is C25H26N4O2S2. The van der Waals surface area contributed by atoms with Gasteiger partial charge in [-0.05, 0) is 42.5 Å². The fourth-order valence-corrected chi connectivity index (χ4v) is 4.82. The van der Waals surface area contributed by atoms with Crippen molar-refractivity contribution in [3.05, 3.63) is 80.6 Å². The summed E-state index contributed by atoms with van der Waals surface area (Å²) in [6.45, 7) is 7.25. The lowest BCUT2D eigenvalue weighted by Crippen LogP contribution is -2.30. The van der Waals surface area contributed by atoms with Crippen molar-refractivity contribution in [1.82, 2.24) is 14.3 Å². The second-order valence-electron chi connectivity index (χ2n) is 8.46. The van der Waals surface area contributed by atoms with Crippen LogP contribution < -0.4 is 10.9 Å². The first-order chi connectivity index (χ1) is 15.8. The second kappa shape index (κ2) is 9.89. The van der Waals surface area contributed by atoms with E-state index in [4.69, 9.17) is 12.2 Å². The van der Waals surface area contributed by atoms with Crippen LogP contribution in [-0.2, 0) is 11.2 Å². The predicted molar refractivity (Wildman–Crippen MR) is 140 cm³/mol. The molecule has 0 spiro atoms. The molecule has 1 saturated heterocycles. The van der Waals surface area contributed by atoms with Gasteiger partial charge >= 0.3 is 0 Å². The van der Waals surface area contributed by atoms with Gasteiger partial charge in [-0.1, -0.05) is 74.2 Å². The number of carbonyl (C=O) groups excluding carboxylic acids is 1. The lowest BCUT2D eigenvalue weighted by molar-refractivity contribution is -0.122. The first-order valence-corrected chi connectivity index (χ1v) is 12.1. The van der Waals surface area contributed by atoms with E-state index in [0.717, 1.165) is 11.1 Å². The van der Waals surface area contributed by atoms with E-state index >= 15 is 0 Å². The molecule has 0 radical (unpaired) electrons. The summed E-state index contributed by atoms with van der Waals surface area (Å²) >= 11 is 6.71. The number of nitrogens with zero attached hydrogens (tertiary/aromatic N) is 3. The number of amides is 1. The van der Waals surface area contributed by atoms with Gasteiger partial charge in [0.25, 0.3) is 11.5 Å². The molecule has 1 fully saturated rings. The molecule has 0 aliphatic carbocycles. The molecule has 1 aliphatic heterocycles. The third-order valence-corrected chi connectivity index (χ3v) is 6.68. The fourth-order valence-electron chi connectivity index (χ4n) is 3.53. The van der Waals surface area contributed by atoms with Crippen molar-refractivity contribution in [1.29, 1.82) is 0 Å². The average molecular weight is 479 g/mol. The number of thioether (sulfide) groups is 1. The molecule has 0 unspecified atom stereocenters. The summed E-state index contributed by atoms with van der Waals surface area (Å²) in [6.07, 6.45) is 4.11.